The van der Waals surface area contributed by atoms with E-state index in [2.05, 4.69) is 62.7 Å². The van der Waals surface area contributed by atoms with E-state index in [-0.39, 0.29) is 6.04 Å². The largest absolute Gasteiger partial charge is 0.491 e. The van der Waals surface area contributed by atoms with Crippen LogP contribution in [0.5, 0.6) is 5.75 Å². The molecule has 174 valence electrons. The predicted molar refractivity (Wildman–Crippen MR) is 129 cm³/mol. The van der Waals surface area contributed by atoms with Gasteiger partial charge in [-0.1, -0.05) is 0 Å². The van der Waals surface area contributed by atoms with Crippen LogP contribution in [0, 0.1) is 0 Å². The number of ether oxygens (including phenoxy) is 1. The Morgan fingerprint density at radius 1 is 1.06 bits per heavy atom. The summed E-state index contributed by atoms with van der Waals surface area (Å²) in [5.41, 5.74) is 3.18. The Hall–Kier alpha value is -2.87. The molecule has 1 aromatic carbocycles. The van der Waals surface area contributed by atoms with Gasteiger partial charge in [-0.2, -0.15) is 5.10 Å². The Morgan fingerprint density at radius 2 is 1.94 bits per heavy atom. The molecule has 6 rings (SSSR count). The summed E-state index contributed by atoms with van der Waals surface area (Å²) in [4.78, 5) is 14.7. The highest BCUT2D eigenvalue weighted by Gasteiger charge is 2.29. The van der Waals surface area contributed by atoms with Gasteiger partial charge in [-0.15, -0.1) is 0 Å². The zero-order valence-electron chi connectivity index (χ0n) is 19.7. The lowest BCUT2D eigenvalue weighted by atomic mass is 10.1. The molecule has 0 unspecified atom stereocenters. The first kappa shape index (κ1) is 20.7. The highest BCUT2D eigenvalue weighted by Crippen LogP contribution is 2.38. The molecule has 1 atom stereocenters. The summed E-state index contributed by atoms with van der Waals surface area (Å²) < 4.78 is 10.3. The standard InChI is InChI=1S/C25H33N7O/c1-18(2)32-25(26-17-27-32)22-16-30-12-13-33-23-14-19(7-8-21(23)24(30)28-22)31-11-5-6-20(31)15-29-9-3-4-10-29/h7-8,14,16-18,20H,3-6,9-13,15H2,1-2H3/t20-/m0/s1. The first-order valence-corrected chi connectivity index (χ1v) is 12.4. The summed E-state index contributed by atoms with van der Waals surface area (Å²) in [5.74, 6) is 2.68. The van der Waals surface area contributed by atoms with Crippen molar-refractivity contribution < 1.29 is 4.74 Å². The van der Waals surface area contributed by atoms with Crippen molar-refractivity contribution >= 4 is 5.69 Å². The van der Waals surface area contributed by atoms with Crippen molar-refractivity contribution in [2.75, 3.05) is 37.7 Å². The molecule has 0 amide bonds. The smallest absolute Gasteiger partial charge is 0.178 e. The van der Waals surface area contributed by atoms with Crippen LogP contribution in [0.4, 0.5) is 5.69 Å². The van der Waals surface area contributed by atoms with Crippen molar-refractivity contribution in [2.24, 2.45) is 0 Å². The zero-order chi connectivity index (χ0) is 22.4. The second-order valence-electron chi connectivity index (χ2n) is 9.79. The van der Waals surface area contributed by atoms with Gasteiger partial charge in [0.25, 0.3) is 0 Å². The molecule has 3 aromatic rings. The maximum Gasteiger partial charge on any atom is 0.178 e. The van der Waals surface area contributed by atoms with Crippen LogP contribution < -0.4 is 9.64 Å². The van der Waals surface area contributed by atoms with E-state index in [1.165, 1.54) is 51.0 Å². The van der Waals surface area contributed by atoms with Crippen molar-refractivity contribution in [2.45, 2.75) is 58.2 Å². The molecule has 2 fully saturated rings. The van der Waals surface area contributed by atoms with Gasteiger partial charge >= 0.3 is 0 Å². The minimum Gasteiger partial charge on any atom is -0.491 e. The Kier molecular flexibility index (Phi) is 5.32. The van der Waals surface area contributed by atoms with Gasteiger partial charge in [-0.05, 0) is 64.8 Å². The molecule has 0 radical (unpaired) electrons. The van der Waals surface area contributed by atoms with Crippen molar-refractivity contribution in [1.29, 1.82) is 0 Å². The summed E-state index contributed by atoms with van der Waals surface area (Å²) in [6.45, 7) is 10.4. The van der Waals surface area contributed by atoms with Gasteiger partial charge < -0.3 is 19.1 Å². The fraction of sp³-hybridized carbons (Fsp3) is 0.560. The minimum absolute atomic E-state index is 0.233. The summed E-state index contributed by atoms with van der Waals surface area (Å²) >= 11 is 0. The lowest BCUT2D eigenvalue weighted by molar-refractivity contribution is 0.306. The predicted octanol–water partition coefficient (Wildman–Crippen LogP) is 3.85. The van der Waals surface area contributed by atoms with Gasteiger partial charge in [0.05, 0.1) is 12.1 Å². The van der Waals surface area contributed by atoms with E-state index >= 15 is 0 Å². The number of nitrogens with zero attached hydrogens (tertiary/aromatic N) is 7. The molecule has 5 heterocycles. The molecular formula is C25H33N7O. The van der Waals surface area contributed by atoms with Crippen molar-refractivity contribution in [3.05, 3.63) is 30.7 Å². The van der Waals surface area contributed by atoms with Gasteiger partial charge in [0.1, 0.15) is 30.2 Å². The highest BCUT2D eigenvalue weighted by molar-refractivity contribution is 5.72. The van der Waals surface area contributed by atoms with Crippen LogP contribution in [0.25, 0.3) is 22.9 Å². The van der Waals surface area contributed by atoms with Gasteiger partial charge in [0, 0.05) is 43.1 Å². The Balaban J connectivity index is 1.31. The van der Waals surface area contributed by atoms with E-state index in [1.807, 2.05) is 4.68 Å². The summed E-state index contributed by atoms with van der Waals surface area (Å²) in [6, 6.07) is 7.51. The second kappa shape index (κ2) is 8.48. The average Bonchev–Trinajstić information content (AvgIpc) is 3.60. The molecule has 0 N–H and O–H groups in total. The molecule has 0 saturated carbocycles. The third kappa shape index (κ3) is 3.80. The maximum absolute atomic E-state index is 6.22. The number of hydrogen-bond donors (Lipinski definition) is 0. The van der Waals surface area contributed by atoms with Crippen LogP contribution in [-0.4, -0.2) is 68.0 Å². The number of anilines is 1. The van der Waals surface area contributed by atoms with Gasteiger partial charge in [-0.25, -0.2) is 14.6 Å². The van der Waals surface area contributed by atoms with Crippen LogP contribution in [0.3, 0.4) is 0 Å². The molecule has 2 aromatic heterocycles. The van der Waals surface area contributed by atoms with Crippen LogP contribution in [0.2, 0.25) is 0 Å². The quantitative estimate of drug-likeness (QED) is 0.592. The number of fused-ring (bicyclic) bond motifs is 3. The molecule has 0 bridgehead atoms. The monoisotopic (exact) mass is 447 g/mol. The number of aromatic nitrogens is 5. The highest BCUT2D eigenvalue weighted by atomic mass is 16.5. The summed E-state index contributed by atoms with van der Waals surface area (Å²) in [7, 11) is 0. The van der Waals surface area contributed by atoms with Crippen LogP contribution in [-0.2, 0) is 6.54 Å². The van der Waals surface area contributed by atoms with Gasteiger partial charge in [0.2, 0.25) is 0 Å². The number of benzene rings is 1. The maximum atomic E-state index is 6.22. The number of imidazole rings is 1. The molecule has 3 aliphatic rings. The fourth-order valence-electron chi connectivity index (χ4n) is 5.60. The average molecular weight is 448 g/mol. The third-order valence-electron chi connectivity index (χ3n) is 7.24. The molecule has 8 heteroatoms. The van der Waals surface area contributed by atoms with E-state index in [0.717, 1.165) is 41.7 Å². The van der Waals surface area contributed by atoms with Crippen LogP contribution in [0.1, 0.15) is 45.6 Å². The number of rotatable bonds is 5. The Morgan fingerprint density at radius 3 is 2.79 bits per heavy atom. The topological polar surface area (TPSA) is 64.2 Å². The molecule has 0 aliphatic carbocycles. The zero-order valence-corrected chi connectivity index (χ0v) is 19.7. The molecule has 0 spiro atoms. The molecule has 2 saturated heterocycles. The van der Waals surface area contributed by atoms with Gasteiger partial charge in [-0.3, -0.25) is 0 Å². The number of hydrogen-bond acceptors (Lipinski definition) is 6. The van der Waals surface area contributed by atoms with Gasteiger partial charge in [0.15, 0.2) is 5.82 Å². The first-order chi connectivity index (χ1) is 16.2. The van der Waals surface area contributed by atoms with E-state index < -0.39 is 0 Å². The van der Waals surface area contributed by atoms with Crippen LogP contribution in [0.15, 0.2) is 30.7 Å². The van der Waals surface area contributed by atoms with Crippen molar-refractivity contribution in [1.82, 2.24) is 29.2 Å². The second-order valence-corrected chi connectivity index (χ2v) is 9.79. The summed E-state index contributed by atoms with van der Waals surface area (Å²) in [6.07, 6.45) is 8.93. The molecule has 8 nitrogen and oxygen atoms in total. The third-order valence-corrected chi connectivity index (χ3v) is 7.24. The molecule has 33 heavy (non-hydrogen) atoms. The van der Waals surface area contributed by atoms with Crippen molar-refractivity contribution in [3.63, 3.8) is 0 Å². The normalized spacial score (nSPS) is 20.7. The minimum atomic E-state index is 0.233. The SMILES string of the molecule is CC(C)n1ncnc1-c1cn2c(n1)-c1ccc(N3CCC[C@H]3CN3CCCC3)cc1OCC2. The van der Waals surface area contributed by atoms with Crippen molar-refractivity contribution in [3.8, 4) is 28.7 Å². The molecular weight excluding hydrogens is 414 g/mol. The van der Waals surface area contributed by atoms with E-state index in [4.69, 9.17) is 9.72 Å². The lowest BCUT2D eigenvalue weighted by Gasteiger charge is -2.30. The van der Waals surface area contributed by atoms with E-state index in [1.54, 1.807) is 6.33 Å². The van der Waals surface area contributed by atoms with E-state index in [0.29, 0.717) is 12.6 Å². The van der Waals surface area contributed by atoms with Crippen LogP contribution >= 0.6 is 0 Å². The summed E-state index contributed by atoms with van der Waals surface area (Å²) in [5, 5.41) is 4.38. The molecule has 3 aliphatic heterocycles. The number of likely N-dealkylation sites (tertiary alicyclic amines) is 1. The Bertz CT molecular complexity index is 1130. The lowest BCUT2D eigenvalue weighted by Crippen LogP contribution is -2.39. The van der Waals surface area contributed by atoms with E-state index in [9.17, 15) is 0 Å². The first-order valence-electron chi connectivity index (χ1n) is 12.4. The Labute approximate surface area is 195 Å². The fourth-order valence-corrected chi connectivity index (χ4v) is 5.60.